The van der Waals surface area contributed by atoms with Gasteiger partial charge in [0.25, 0.3) is 0 Å². The summed E-state index contributed by atoms with van der Waals surface area (Å²) in [5.74, 6) is 0. The third-order valence-corrected chi connectivity index (χ3v) is 3.56. The highest BCUT2D eigenvalue weighted by molar-refractivity contribution is 7.80. The molecule has 0 spiro atoms. The van der Waals surface area contributed by atoms with Crippen LogP contribution in [0.1, 0.15) is 17.2 Å². The summed E-state index contributed by atoms with van der Waals surface area (Å²) >= 11 is 11.1. The van der Waals surface area contributed by atoms with Crippen LogP contribution >= 0.6 is 23.8 Å². The molecule has 2 aromatic carbocycles. The van der Waals surface area contributed by atoms with Crippen molar-refractivity contribution in [1.82, 2.24) is 5.32 Å². The van der Waals surface area contributed by atoms with E-state index in [1.807, 2.05) is 49.4 Å². The van der Waals surface area contributed by atoms with Gasteiger partial charge in [0.15, 0.2) is 5.11 Å². The van der Waals surface area contributed by atoms with Crippen LogP contribution < -0.4 is 10.6 Å². The molecule has 1 atom stereocenters. The first-order valence-corrected chi connectivity index (χ1v) is 7.39. The zero-order valence-electron chi connectivity index (χ0n) is 11.6. The maximum atomic E-state index is 10.1. The van der Waals surface area contributed by atoms with Crippen molar-refractivity contribution in [2.45, 2.75) is 13.0 Å². The molecular weight excluding hydrogens is 304 g/mol. The van der Waals surface area contributed by atoms with Gasteiger partial charge < -0.3 is 15.7 Å². The minimum absolute atomic E-state index is 0.350. The number of rotatable bonds is 4. The lowest BCUT2D eigenvalue weighted by atomic mass is 10.1. The number of hydrogen-bond donors (Lipinski definition) is 3. The zero-order chi connectivity index (χ0) is 15.2. The van der Waals surface area contributed by atoms with E-state index in [0.29, 0.717) is 16.7 Å². The molecule has 0 aliphatic carbocycles. The first kappa shape index (κ1) is 15.8. The van der Waals surface area contributed by atoms with Gasteiger partial charge in [0.1, 0.15) is 0 Å². The topological polar surface area (TPSA) is 44.3 Å². The molecule has 3 N–H and O–H groups in total. The molecule has 2 aromatic rings. The molecule has 0 aliphatic heterocycles. The van der Waals surface area contributed by atoms with Gasteiger partial charge in [0, 0.05) is 17.3 Å². The number of hydrogen-bond acceptors (Lipinski definition) is 2. The average Bonchev–Trinajstić information content (AvgIpc) is 2.48. The Morgan fingerprint density at radius 1 is 1.24 bits per heavy atom. The largest absolute Gasteiger partial charge is 0.387 e. The normalized spacial score (nSPS) is 11.8. The Kier molecular flexibility index (Phi) is 5.56. The smallest absolute Gasteiger partial charge is 0.170 e. The molecule has 0 saturated carbocycles. The fraction of sp³-hybridized carbons (Fsp3) is 0.188. The maximum absolute atomic E-state index is 10.1. The third kappa shape index (κ3) is 4.70. The first-order valence-electron chi connectivity index (χ1n) is 6.60. The molecule has 5 heteroatoms. The van der Waals surface area contributed by atoms with E-state index in [4.69, 9.17) is 23.8 Å². The van der Waals surface area contributed by atoms with Crippen LogP contribution in [0.15, 0.2) is 48.5 Å². The van der Waals surface area contributed by atoms with Crippen LogP contribution in [0.25, 0.3) is 0 Å². The molecule has 0 heterocycles. The Bertz CT molecular complexity index is 619. The summed E-state index contributed by atoms with van der Waals surface area (Å²) in [7, 11) is 0. The van der Waals surface area contributed by atoms with Crippen molar-refractivity contribution < 1.29 is 5.11 Å². The van der Waals surface area contributed by atoms with Crippen molar-refractivity contribution in [2.75, 3.05) is 11.9 Å². The monoisotopic (exact) mass is 320 g/mol. The van der Waals surface area contributed by atoms with Crippen LogP contribution in [0.4, 0.5) is 5.69 Å². The molecule has 21 heavy (non-hydrogen) atoms. The molecular formula is C16H17ClN2OS. The number of anilines is 1. The number of thiocarbonyl (C=S) groups is 1. The predicted molar refractivity (Wildman–Crippen MR) is 91.8 cm³/mol. The molecule has 0 saturated heterocycles. The fourth-order valence-electron chi connectivity index (χ4n) is 1.92. The molecule has 0 amide bonds. The second-order valence-corrected chi connectivity index (χ2v) is 5.57. The van der Waals surface area contributed by atoms with Crippen molar-refractivity contribution in [3.8, 4) is 0 Å². The molecule has 3 nitrogen and oxygen atoms in total. The Morgan fingerprint density at radius 2 is 1.95 bits per heavy atom. The minimum Gasteiger partial charge on any atom is -0.387 e. The van der Waals surface area contributed by atoms with Crippen LogP contribution in [0, 0.1) is 6.92 Å². The second-order valence-electron chi connectivity index (χ2n) is 4.72. The Labute approximate surface area is 135 Å². The summed E-state index contributed by atoms with van der Waals surface area (Å²) < 4.78 is 0. The molecule has 0 radical (unpaired) electrons. The molecule has 0 unspecified atom stereocenters. The van der Waals surface area contributed by atoms with E-state index < -0.39 is 6.10 Å². The van der Waals surface area contributed by atoms with Crippen LogP contribution in [0.3, 0.4) is 0 Å². The van der Waals surface area contributed by atoms with Gasteiger partial charge in [-0.15, -0.1) is 0 Å². The highest BCUT2D eigenvalue weighted by atomic mass is 35.5. The third-order valence-electron chi connectivity index (χ3n) is 3.08. The average molecular weight is 321 g/mol. The number of aliphatic hydroxyl groups excluding tert-OH is 1. The van der Waals surface area contributed by atoms with Crippen LogP contribution in [-0.4, -0.2) is 16.8 Å². The summed E-state index contributed by atoms with van der Waals surface area (Å²) in [5.41, 5.74) is 2.76. The molecule has 110 valence electrons. The van der Waals surface area contributed by atoms with Gasteiger partial charge in [0.2, 0.25) is 0 Å². The summed E-state index contributed by atoms with van der Waals surface area (Å²) in [6.45, 7) is 2.30. The van der Waals surface area contributed by atoms with Crippen molar-refractivity contribution in [3.63, 3.8) is 0 Å². The highest BCUT2D eigenvalue weighted by Gasteiger charge is 2.08. The van der Waals surface area contributed by atoms with E-state index in [0.717, 1.165) is 16.8 Å². The van der Waals surface area contributed by atoms with E-state index in [9.17, 15) is 5.11 Å². The van der Waals surface area contributed by atoms with E-state index in [1.165, 1.54) is 0 Å². The van der Waals surface area contributed by atoms with Crippen LogP contribution in [-0.2, 0) is 0 Å². The lowest BCUT2D eigenvalue weighted by Crippen LogP contribution is -2.32. The first-order chi connectivity index (χ1) is 10.1. The molecule has 0 bridgehead atoms. The van der Waals surface area contributed by atoms with Crippen molar-refractivity contribution in [3.05, 3.63) is 64.7 Å². The molecule has 2 rings (SSSR count). The predicted octanol–water partition coefficient (Wildman–Crippen LogP) is 3.67. The second kappa shape index (κ2) is 7.41. The zero-order valence-corrected chi connectivity index (χ0v) is 13.2. The summed E-state index contributed by atoms with van der Waals surface area (Å²) in [6, 6.07) is 15.0. The van der Waals surface area contributed by atoms with E-state index >= 15 is 0 Å². The minimum atomic E-state index is -0.600. The van der Waals surface area contributed by atoms with Crippen LogP contribution in [0.5, 0.6) is 0 Å². The van der Waals surface area contributed by atoms with Gasteiger partial charge >= 0.3 is 0 Å². The van der Waals surface area contributed by atoms with E-state index in [2.05, 4.69) is 10.6 Å². The number of aryl methyl sites for hydroxylation is 1. The number of benzene rings is 2. The number of aliphatic hydroxyl groups is 1. The van der Waals surface area contributed by atoms with Crippen molar-refractivity contribution in [1.29, 1.82) is 0 Å². The Morgan fingerprint density at radius 3 is 2.62 bits per heavy atom. The summed E-state index contributed by atoms with van der Waals surface area (Å²) in [6.07, 6.45) is -0.600. The lowest BCUT2D eigenvalue weighted by Gasteiger charge is -2.16. The van der Waals surface area contributed by atoms with Gasteiger partial charge in [-0.05, 0) is 48.5 Å². The van der Waals surface area contributed by atoms with E-state index in [-0.39, 0.29) is 0 Å². The quantitative estimate of drug-likeness (QED) is 0.752. The van der Waals surface area contributed by atoms with Crippen LogP contribution in [0.2, 0.25) is 5.02 Å². The standard InChI is InChI=1S/C16H17ClN2OS/c1-11-9-13(17)7-8-14(11)19-16(21)18-10-15(20)12-5-3-2-4-6-12/h2-9,15,20H,10H2,1H3,(H2,18,19,21)/t15-/m1/s1. The highest BCUT2D eigenvalue weighted by Crippen LogP contribution is 2.19. The van der Waals surface area contributed by atoms with Gasteiger partial charge in [-0.25, -0.2) is 0 Å². The summed E-state index contributed by atoms with van der Waals surface area (Å²) in [4.78, 5) is 0. The Hall–Kier alpha value is -1.62. The molecule has 0 fully saturated rings. The fourth-order valence-corrected chi connectivity index (χ4v) is 2.34. The molecule has 0 aliphatic rings. The van der Waals surface area contributed by atoms with Gasteiger partial charge in [0.05, 0.1) is 6.10 Å². The van der Waals surface area contributed by atoms with E-state index in [1.54, 1.807) is 6.07 Å². The van der Waals surface area contributed by atoms with Crippen molar-refractivity contribution in [2.24, 2.45) is 0 Å². The number of halogens is 1. The lowest BCUT2D eigenvalue weighted by molar-refractivity contribution is 0.181. The SMILES string of the molecule is Cc1cc(Cl)ccc1NC(=S)NC[C@@H](O)c1ccccc1. The Balaban J connectivity index is 1.87. The summed E-state index contributed by atoms with van der Waals surface area (Å²) in [5, 5.41) is 17.3. The van der Waals surface area contributed by atoms with Crippen molar-refractivity contribution >= 4 is 34.6 Å². The molecule has 0 aromatic heterocycles. The van der Waals surface area contributed by atoms with Gasteiger partial charge in [-0.3, -0.25) is 0 Å². The maximum Gasteiger partial charge on any atom is 0.170 e. The number of nitrogens with one attached hydrogen (secondary N) is 2. The van der Waals surface area contributed by atoms with Gasteiger partial charge in [-0.2, -0.15) is 0 Å². The van der Waals surface area contributed by atoms with Gasteiger partial charge in [-0.1, -0.05) is 41.9 Å².